The molecule has 1 heterocycles. The molecule has 0 spiro atoms. The summed E-state index contributed by atoms with van der Waals surface area (Å²) in [4.78, 5) is 0. The number of benzene rings is 2. The molecule has 1 aromatic heterocycles. The van der Waals surface area contributed by atoms with E-state index in [0.29, 0.717) is 6.04 Å². The number of hydrogen-bond acceptors (Lipinski definition) is 2. The van der Waals surface area contributed by atoms with Crippen LogP contribution in [-0.4, -0.2) is 6.04 Å². The summed E-state index contributed by atoms with van der Waals surface area (Å²) in [5.74, 6) is 1.88. The lowest BCUT2D eigenvalue weighted by molar-refractivity contribution is 0.449. The maximum atomic E-state index is 5.94. The normalized spacial score (nSPS) is 12.2. The average molecular weight is 384 g/mol. The molecule has 0 amide bonds. The smallest absolute Gasteiger partial charge is 0.134 e. The van der Waals surface area contributed by atoms with Gasteiger partial charge in [0.05, 0.1) is 6.54 Å². The van der Waals surface area contributed by atoms with Gasteiger partial charge in [0.25, 0.3) is 0 Å². The van der Waals surface area contributed by atoms with Crippen molar-refractivity contribution >= 4 is 15.9 Å². The van der Waals surface area contributed by atoms with Crippen molar-refractivity contribution in [2.75, 3.05) is 0 Å². The zero-order valence-electron chi connectivity index (χ0n) is 13.8. The van der Waals surface area contributed by atoms with E-state index in [1.807, 2.05) is 24.3 Å². The molecular weight excluding hydrogens is 362 g/mol. The van der Waals surface area contributed by atoms with E-state index in [2.05, 4.69) is 70.6 Å². The zero-order chi connectivity index (χ0) is 16.8. The molecule has 24 heavy (non-hydrogen) atoms. The van der Waals surface area contributed by atoms with Crippen molar-refractivity contribution in [1.82, 2.24) is 5.32 Å². The summed E-state index contributed by atoms with van der Waals surface area (Å²) in [5, 5.41) is 3.54. The molecule has 0 bridgehead atoms. The van der Waals surface area contributed by atoms with Crippen LogP contribution < -0.4 is 5.32 Å². The van der Waals surface area contributed by atoms with E-state index in [-0.39, 0.29) is 0 Å². The van der Waals surface area contributed by atoms with E-state index in [4.69, 9.17) is 4.42 Å². The topological polar surface area (TPSA) is 25.2 Å². The summed E-state index contributed by atoms with van der Waals surface area (Å²) in [6.07, 6.45) is 2.21. The van der Waals surface area contributed by atoms with Crippen LogP contribution in [0.15, 0.2) is 75.6 Å². The van der Waals surface area contributed by atoms with Crippen molar-refractivity contribution in [2.45, 2.75) is 32.4 Å². The van der Waals surface area contributed by atoms with E-state index >= 15 is 0 Å². The summed E-state index contributed by atoms with van der Waals surface area (Å²) in [5.41, 5.74) is 2.49. The third kappa shape index (κ3) is 4.83. The SMILES string of the molecule is C[C@H](CCc1ccccc1)NCc1ccc(-c2ccc(Br)cc2)o1. The van der Waals surface area contributed by atoms with Crippen molar-refractivity contribution in [3.05, 3.63) is 82.5 Å². The Labute approximate surface area is 152 Å². The number of halogens is 1. The first kappa shape index (κ1) is 17.0. The molecular formula is C21H22BrNO. The Hall–Kier alpha value is -1.84. The van der Waals surface area contributed by atoms with Gasteiger partial charge in [-0.1, -0.05) is 58.4 Å². The van der Waals surface area contributed by atoms with Crippen molar-refractivity contribution < 1.29 is 4.42 Å². The summed E-state index contributed by atoms with van der Waals surface area (Å²) in [6.45, 7) is 2.98. The Bertz CT molecular complexity index is 749. The third-order valence-electron chi connectivity index (χ3n) is 4.12. The second kappa shape index (κ2) is 8.32. The average Bonchev–Trinajstić information content (AvgIpc) is 3.09. The third-order valence-corrected chi connectivity index (χ3v) is 4.65. The lowest BCUT2D eigenvalue weighted by Crippen LogP contribution is -2.25. The van der Waals surface area contributed by atoms with Crippen molar-refractivity contribution in [3.63, 3.8) is 0 Å². The highest BCUT2D eigenvalue weighted by molar-refractivity contribution is 9.10. The van der Waals surface area contributed by atoms with Crippen LogP contribution in [0.3, 0.4) is 0 Å². The van der Waals surface area contributed by atoms with Crippen molar-refractivity contribution in [2.24, 2.45) is 0 Å². The Morgan fingerprint density at radius 1 is 0.958 bits per heavy atom. The number of aryl methyl sites for hydroxylation is 1. The molecule has 0 saturated heterocycles. The molecule has 0 fully saturated rings. The zero-order valence-corrected chi connectivity index (χ0v) is 15.4. The van der Waals surface area contributed by atoms with Gasteiger partial charge in [-0.05, 0) is 49.6 Å². The minimum atomic E-state index is 0.450. The first-order chi connectivity index (χ1) is 11.7. The van der Waals surface area contributed by atoms with Crippen LogP contribution in [0.2, 0.25) is 0 Å². The van der Waals surface area contributed by atoms with Gasteiger partial charge >= 0.3 is 0 Å². The summed E-state index contributed by atoms with van der Waals surface area (Å²) < 4.78 is 7.02. The van der Waals surface area contributed by atoms with Gasteiger partial charge in [-0.3, -0.25) is 0 Å². The van der Waals surface area contributed by atoms with Crippen LogP contribution in [0.5, 0.6) is 0 Å². The van der Waals surface area contributed by atoms with Gasteiger partial charge in [0.2, 0.25) is 0 Å². The summed E-state index contributed by atoms with van der Waals surface area (Å²) >= 11 is 3.45. The predicted octanol–water partition coefficient (Wildman–Crippen LogP) is 5.82. The monoisotopic (exact) mass is 383 g/mol. The molecule has 0 radical (unpaired) electrons. The maximum Gasteiger partial charge on any atom is 0.134 e. The molecule has 1 N–H and O–H groups in total. The van der Waals surface area contributed by atoms with Crippen LogP contribution in [0.1, 0.15) is 24.7 Å². The van der Waals surface area contributed by atoms with E-state index in [9.17, 15) is 0 Å². The molecule has 0 unspecified atom stereocenters. The standard InChI is InChI=1S/C21H22BrNO/c1-16(7-8-17-5-3-2-4-6-17)23-15-20-13-14-21(24-20)18-9-11-19(22)12-10-18/h2-6,9-14,16,23H,7-8,15H2,1H3/t16-/m1/s1. The molecule has 0 aliphatic carbocycles. The number of nitrogens with one attached hydrogen (secondary N) is 1. The van der Waals surface area contributed by atoms with Crippen LogP contribution in [-0.2, 0) is 13.0 Å². The number of furan rings is 1. The highest BCUT2D eigenvalue weighted by Gasteiger charge is 2.07. The van der Waals surface area contributed by atoms with Gasteiger partial charge < -0.3 is 9.73 Å². The van der Waals surface area contributed by atoms with Crippen LogP contribution in [0, 0.1) is 0 Å². The second-order valence-electron chi connectivity index (χ2n) is 6.08. The largest absolute Gasteiger partial charge is 0.460 e. The summed E-state index contributed by atoms with van der Waals surface area (Å²) in [7, 11) is 0. The molecule has 3 rings (SSSR count). The number of hydrogen-bond donors (Lipinski definition) is 1. The highest BCUT2D eigenvalue weighted by atomic mass is 79.9. The Kier molecular flexibility index (Phi) is 5.89. The molecule has 0 aliphatic rings. The Morgan fingerprint density at radius 3 is 2.46 bits per heavy atom. The van der Waals surface area contributed by atoms with Crippen molar-refractivity contribution in [1.29, 1.82) is 0 Å². The molecule has 3 aromatic rings. The van der Waals surface area contributed by atoms with Gasteiger partial charge in [-0.15, -0.1) is 0 Å². The first-order valence-corrected chi connectivity index (χ1v) is 9.12. The second-order valence-corrected chi connectivity index (χ2v) is 6.99. The maximum absolute atomic E-state index is 5.94. The molecule has 124 valence electrons. The fraction of sp³-hybridized carbons (Fsp3) is 0.238. The summed E-state index contributed by atoms with van der Waals surface area (Å²) in [6, 6.07) is 23.3. The Morgan fingerprint density at radius 2 is 1.71 bits per heavy atom. The van der Waals surface area contributed by atoms with Gasteiger partial charge in [0, 0.05) is 16.1 Å². The van der Waals surface area contributed by atoms with Crippen molar-refractivity contribution in [3.8, 4) is 11.3 Å². The van der Waals surface area contributed by atoms with Gasteiger partial charge in [-0.2, -0.15) is 0 Å². The van der Waals surface area contributed by atoms with Gasteiger partial charge in [0.15, 0.2) is 0 Å². The van der Waals surface area contributed by atoms with Crippen LogP contribution in [0.4, 0.5) is 0 Å². The van der Waals surface area contributed by atoms with E-state index in [1.165, 1.54) is 5.56 Å². The van der Waals surface area contributed by atoms with Gasteiger partial charge in [0.1, 0.15) is 11.5 Å². The van der Waals surface area contributed by atoms with Gasteiger partial charge in [-0.25, -0.2) is 0 Å². The lowest BCUT2D eigenvalue weighted by atomic mass is 10.1. The van der Waals surface area contributed by atoms with Crippen LogP contribution >= 0.6 is 15.9 Å². The highest BCUT2D eigenvalue weighted by Crippen LogP contribution is 2.24. The molecule has 3 heteroatoms. The Balaban J connectivity index is 1.49. The minimum Gasteiger partial charge on any atom is -0.460 e. The fourth-order valence-electron chi connectivity index (χ4n) is 2.65. The van der Waals surface area contributed by atoms with E-state index in [0.717, 1.165) is 40.9 Å². The van der Waals surface area contributed by atoms with E-state index in [1.54, 1.807) is 0 Å². The molecule has 2 nitrogen and oxygen atoms in total. The molecule has 0 saturated carbocycles. The van der Waals surface area contributed by atoms with E-state index < -0.39 is 0 Å². The minimum absolute atomic E-state index is 0.450. The first-order valence-electron chi connectivity index (χ1n) is 8.32. The quantitative estimate of drug-likeness (QED) is 0.555. The lowest BCUT2D eigenvalue weighted by Gasteiger charge is -2.12. The van der Waals surface area contributed by atoms with Crippen LogP contribution in [0.25, 0.3) is 11.3 Å². The molecule has 2 aromatic carbocycles. The molecule has 0 aliphatic heterocycles. The fourth-order valence-corrected chi connectivity index (χ4v) is 2.91. The number of rotatable bonds is 7. The predicted molar refractivity (Wildman–Crippen MR) is 103 cm³/mol. The molecule has 1 atom stereocenters.